The molecule has 19 heavy (non-hydrogen) atoms. The summed E-state index contributed by atoms with van der Waals surface area (Å²) in [7, 11) is 0. The molecule has 0 saturated heterocycles. The number of halogens is 5. The zero-order valence-electron chi connectivity index (χ0n) is 9.57. The molecule has 1 aromatic carbocycles. The molecular weight excluding hydrogens is 286 g/mol. The lowest BCUT2D eigenvalue weighted by Gasteiger charge is -2.16. The number of anilines is 1. The Bertz CT molecular complexity index is 655. The SMILES string of the molecule is Cc1c(C(F)(F)F)nc2c(Cl)ccc(F)c2c1NN. The van der Waals surface area contributed by atoms with Gasteiger partial charge in [0.25, 0.3) is 0 Å². The number of aromatic nitrogens is 1. The van der Waals surface area contributed by atoms with Gasteiger partial charge in [-0.15, -0.1) is 0 Å². The Morgan fingerprint density at radius 3 is 2.47 bits per heavy atom. The first-order valence-electron chi connectivity index (χ1n) is 5.09. The third-order valence-corrected chi connectivity index (χ3v) is 3.00. The van der Waals surface area contributed by atoms with Crippen LogP contribution in [0.1, 0.15) is 11.3 Å². The molecule has 102 valence electrons. The van der Waals surface area contributed by atoms with E-state index in [0.29, 0.717) is 0 Å². The van der Waals surface area contributed by atoms with E-state index in [-0.39, 0.29) is 27.2 Å². The minimum atomic E-state index is -4.68. The summed E-state index contributed by atoms with van der Waals surface area (Å²) in [5, 5.41) is -0.251. The van der Waals surface area contributed by atoms with E-state index in [1.54, 1.807) is 0 Å². The molecule has 0 aliphatic rings. The maximum atomic E-state index is 13.7. The van der Waals surface area contributed by atoms with Crippen molar-refractivity contribution in [3.63, 3.8) is 0 Å². The molecule has 3 nitrogen and oxygen atoms in total. The van der Waals surface area contributed by atoms with Gasteiger partial charge in [0.05, 0.1) is 21.6 Å². The fraction of sp³-hybridized carbons (Fsp3) is 0.182. The highest BCUT2D eigenvalue weighted by molar-refractivity contribution is 6.35. The van der Waals surface area contributed by atoms with Crippen LogP contribution in [0.4, 0.5) is 23.2 Å². The third kappa shape index (κ3) is 2.19. The van der Waals surface area contributed by atoms with Gasteiger partial charge in [0.15, 0.2) is 0 Å². The van der Waals surface area contributed by atoms with Gasteiger partial charge in [0.2, 0.25) is 0 Å². The lowest BCUT2D eigenvalue weighted by molar-refractivity contribution is -0.141. The van der Waals surface area contributed by atoms with Crippen LogP contribution >= 0.6 is 11.6 Å². The normalized spacial score (nSPS) is 11.9. The Labute approximate surface area is 110 Å². The average molecular weight is 294 g/mol. The third-order valence-electron chi connectivity index (χ3n) is 2.69. The molecule has 0 saturated carbocycles. The van der Waals surface area contributed by atoms with Crippen LogP contribution < -0.4 is 11.3 Å². The second-order valence-electron chi connectivity index (χ2n) is 3.86. The van der Waals surface area contributed by atoms with Gasteiger partial charge in [-0.2, -0.15) is 13.2 Å². The van der Waals surface area contributed by atoms with Gasteiger partial charge in [0.1, 0.15) is 11.5 Å². The molecule has 0 atom stereocenters. The fourth-order valence-corrected chi connectivity index (χ4v) is 2.05. The fourth-order valence-electron chi connectivity index (χ4n) is 1.85. The second-order valence-corrected chi connectivity index (χ2v) is 4.26. The van der Waals surface area contributed by atoms with E-state index in [1.165, 1.54) is 0 Å². The van der Waals surface area contributed by atoms with E-state index >= 15 is 0 Å². The molecule has 2 aromatic rings. The number of nitrogen functional groups attached to an aromatic ring is 1. The zero-order valence-corrected chi connectivity index (χ0v) is 10.3. The van der Waals surface area contributed by atoms with Crippen molar-refractivity contribution in [3.05, 3.63) is 34.2 Å². The van der Waals surface area contributed by atoms with Gasteiger partial charge in [-0.25, -0.2) is 9.37 Å². The standard InChI is InChI=1S/C11H8ClF4N3/c1-4-8(19-17)7-6(13)3-2-5(12)9(7)18-10(4)11(14,15)16/h2-3H,17H2,1H3,(H,18,19). The number of nitrogens with zero attached hydrogens (tertiary/aromatic N) is 1. The quantitative estimate of drug-likeness (QED) is 0.479. The van der Waals surface area contributed by atoms with E-state index in [0.717, 1.165) is 19.1 Å². The van der Waals surface area contributed by atoms with Crippen molar-refractivity contribution in [1.29, 1.82) is 0 Å². The molecule has 0 spiro atoms. The number of benzene rings is 1. The van der Waals surface area contributed by atoms with Crippen LogP contribution in [0.2, 0.25) is 5.02 Å². The van der Waals surface area contributed by atoms with Crippen molar-refractivity contribution in [2.45, 2.75) is 13.1 Å². The molecule has 0 aliphatic heterocycles. The van der Waals surface area contributed by atoms with Crippen molar-refractivity contribution < 1.29 is 17.6 Å². The Morgan fingerprint density at radius 1 is 1.32 bits per heavy atom. The number of nitrogens with two attached hydrogens (primary N) is 1. The second kappa shape index (κ2) is 4.50. The highest BCUT2D eigenvalue weighted by Gasteiger charge is 2.36. The summed E-state index contributed by atoms with van der Waals surface area (Å²) < 4.78 is 52.3. The van der Waals surface area contributed by atoms with Crippen LogP contribution in [0.3, 0.4) is 0 Å². The van der Waals surface area contributed by atoms with Crippen LogP contribution in [0.5, 0.6) is 0 Å². The van der Waals surface area contributed by atoms with Crippen LogP contribution in [-0.4, -0.2) is 4.98 Å². The molecule has 0 unspecified atom stereocenters. The molecule has 0 fully saturated rings. The number of hydrazine groups is 1. The maximum absolute atomic E-state index is 13.7. The van der Waals surface area contributed by atoms with Crippen molar-refractivity contribution in [2.75, 3.05) is 5.43 Å². The van der Waals surface area contributed by atoms with Crippen molar-refractivity contribution in [3.8, 4) is 0 Å². The first-order chi connectivity index (χ1) is 8.77. The number of fused-ring (bicyclic) bond motifs is 1. The van der Waals surface area contributed by atoms with Crippen molar-refractivity contribution in [1.82, 2.24) is 4.98 Å². The van der Waals surface area contributed by atoms with Crippen LogP contribution in [0.15, 0.2) is 12.1 Å². The van der Waals surface area contributed by atoms with Gasteiger partial charge < -0.3 is 5.43 Å². The largest absolute Gasteiger partial charge is 0.433 e. The van der Waals surface area contributed by atoms with E-state index in [4.69, 9.17) is 17.4 Å². The monoisotopic (exact) mass is 293 g/mol. The minimum absolute atomic E-state index is 0.0848. The van der Waals surface area contributed by atoms with Gasteiger partial charge in [-0.3, -0.25) is 5.84 Å². The number of alkyl halides is 3. The van der Waals surface area contributed by atoms with Gasteiger partial charge in [-0.1, -0.05) is 11.6 Å². The Kier molecular flexibility index (Phi) is 3.27. The van der Waals surface area contributed by atoms with Gasteiger partial charge in [-0.05, 0) is 19.1 Å². The van der Waals surface area contributed by atoms with Crippen LogP contribution in [0.25, 0.3) is 10.9 Å². The average Bonchev–Trinajstić information content (AvgIpc) is 2.32. The van der Waals surface area contributed by atoms with E-state index in [2.05, 4.69) is 10.4 Å². The summed E-state index contributed by atoms with van der Waals surface area (Å²) in [6.45, 7) is 1.16. The summed E-state index contributed by atoms with van der Waals surface area (Å²) >= 11 is 5.77. The molecule has 1 aromatic heterocycles. The predicted octanol–water partition coefficient (Wildman–Crippen LogP) is 3.64. The first-order valence-corrected chi connectivity index (χ1v) is 5.47. The maximum Gasteiger partial charge on any atom is 0.433 e. The summed E-state index contributed by atoms with van der Waals surface area (Å²) in [4.78, 5) is 3.42. The Balaban J connectivity index is 2.99. The molecule has 0 aliphatic carbocycles. The predicted molar refractivity (Wildman–Crippen MR) is 64.3 cm³/mol. The minimum Gasteiger partial charge on any atom is -0.323 e. The van der Waals surface area contributed by atoms with Crippen LogP contribution in [-0.2, 0) is 6.18 Å². The zero-order chi connectivity index (χ0) is 14.4. The van der Waals surface area contributed by atoms with Crippen molar-refractivity contribution in [2.24, 2.45) is 5.84 Å². The summed E-state index contributed by atoms with van der Waals surface area (Å²) in [6.07, 6.45) is -4.68. The highest BCUT2D eigenvalue weighted by Crippen LogP contribution is 2.39. The smallest absolute Gasteiger partial charge is 0.323 e. The molecule has 0 amide bonds. The van der Waals surface area contributed by atoms with Crippen molar-refractivity contribution >= 4 is 28.2 Å². The molecule has 0 radical (unpaired) electrons. The summed E-state index contributed by atoms with van der Waals surface area (Å²) in [5.41, 5.74) is 0.172. The van der Waals surface area contributed by atoms with Gasteiger partial charge in [0, 0.05) is 5.56 Å². The highest BCUT2D eigenvalue weighted by atomic mass is 35.5. The number of pyridine rings is 1. The van der Waals surface area contributed by atoms with E-state index < -0.39 is 17.7 Å². The molecular formula is C11H8ClF4N3. The van der Waals surface area contributed by atoms with E-state index in [1.807, 2.05) is 0 Å². The molecule has 8 heteroatoms. The number of hydrogen-bond acceptors (Lipinski definition) is 3. The summed E-state index contributed by atoms with van der Waals surface area (Å²) in [6, 6.07) is 2.18. The topological polar surface area (TPSA) is 50.9 Å². The number of rotatable bonds is 1. The number of nitrogens with one attached hydrogen (secondary N) is 1. The number of hydrogen-bond donors (Lipinski definition) is 2. The Morgan fingerprint density at radius 2 is 1.95 bits per heavy atom. The lowest BCUT2D eigenvalue weighted by Crippen LogP contribution is -2.16. The van der Waals surface area contributed by atoms with Crippen LogP contribution in [0, 0.1) is 12.7 Å². The molecule has 2 rings (SSSR count). The van der Waals surface area contributed by atoms with Gasteiger partial charge >= 0.3 is 6.18 Å². The molecule has 3 N–H and O–H groups in total. The summed E-state index contributed by atoms with van der Waals surface area (Å²) in [5.74, 6) is 4.44. The first kappa shape index (κ1) is 13.8. The lowest BCUT2D eigenvalue weighted by atomic mass is 10.1. The Hall–Kier alpha value is -1.60. The molecule has 1 heterocycles. The van der Waals surface area contributed by atoms with E-state index in [9.17, 15) is 17.6 Å². The molecule has 0 bridgehead atoms.